The Labute approximate surface area is 113 Å². The molecule has 1 heterocycles. The second-order valence-corrected chi connectivity index (χ2v) is 4.56. The zero-order chi connectivity index (χ0) is 13.0. The molecule has 2 rings (SSSR count). The van der Waals surface area contributed by atoms with Gasteiger partial charge in [-0.25, -0.2) is 4.79 Å². The summed E-state index contributed by atoms with van der Waals surface area (Å²) in [6.45, 7) is 0. The van der Waals surface area contributed by atoms with Crippen molar-refractivity contribution in [2.75, 3.05) is 0 Å². The lowest BCUT2D eigenvalue weighted by atomic mass is 10.0. The maximum absolute atomic E-state index is 10.6. The SMILES string of the molecule is O=C(O)/C=C/c1cnccc1-c1cccc(Br)c1. The van der Waals surface area contributed by atoms with Crippen LogP contribution in [0.4, 0.5) is 0 Å². The average molecular weight is 304 g/mol. The molecule has 1 aromatic heterocycles. The molecule has 0 amide bonds. The van der Waals surface area contributed by atoms with Gasteiger partial charge in [0.15, 0.2) is 0 Å². The highest BCUT2D eigenvalue weighted by atomic mass is 79.9. The summed E-state index contributed by atoms with van der Waals surface area (Å²) < 4.78 is 0.977. The normalized spacial score (nSPS) is 10.7. The standard InChI is InChI=1S/C14H10BrNO2/c15-12-3-1-2-10(8-12)13-6-7-16-9-11(13)4-5-14(17)18/h1-9H,(H,17,18)/b5-4+. The predicted molar refractivity (Wildman–Crippen MR) is 74.0 cm³/mol. The van der Waals surface area contributed by atoms with Gasteiger partial charge in [-0.05, 0) is 35.4 Å². The fourth-order valence-electron chi connectivity index (χ4n) is 1.62. The van der Waals surface area contributed by atoms with E-state index in [1.165, 1.54) is 0 Å². The van der Waals surface area contributed by atoms with Gasteiger partial charge in [-0.3, -0.25) is 4.98 Å². The van der Waals surface area contributed by atoms with Crippen molar-refractivity contribution < 1.29 is 9.90 Å². The van der Waals surface area contributed by atoms with Crippen molar-refractivity contribution in [3.8, 4) is 11.1 Å². The van der Waals surface area contributed by atoms with E-state index in [-0.39, 0.29) is 0 Å². The molecule has 0 aliphatic rings. The quantitative estimate of drug-likeness (QED) is 0.881. The number of carboxylic acid groups (broad SMARTS) is 1. The third kappa shape index (κ3) is 3.05. The lowest BCUT2D eigenvalue weighted by molar-refractivity contribution is -0.131. The minimum absolute atomic E-state index is 0.776. The lowest BCUT2D eigenvalue weighted by Crippen LogP contribution is -1.88. The van der Waals surface area contributed by atoms with Crippen molar-refractivity contribution in [2.45, 2.75) is 0 Å². The Hall–Kier alpha value is -1.94. The number of rotatable bonds is 3. The number of pyridine rings is 1. The molecule has 0 saturated carbocycles. The molecule has 1 aromatic carbocycles. The van der Waals surface area contributed by atoms with Gasteiger partial charge in [-0.15, -0.1) is 0 Å². The zero-order valence-corrected chi connectivity index (χ0v) is 11.0. The van der Waals surface area contributed by atoms with Gasteiger partial charge in [-0.1, -0.05) is 28.1 Å². The van der Waals surface area contributed by atoms with Crippen LogP contribution in [-0.2, 0) is 4.79 Å². The van der Waals surface area contributed by atoms with Crippen LogP contribution < -0.4 is 0 Å². The first-order chi connectivity index (χ1) is 8.66. The summed E-state index contributed by atoms with van der Waals surface area (Å²) in [7, 11) is 0. The number of benzene rings is 1. The first-order valence-electron chi connectivity index (χ1n) is 5.28. The molecule has 0 fully saturated rings. The van der Waals surface area contributed by atoms with Gasteiger partial charge in [0.2, 0.25) is 0 Å². The molecule has 0 aliphatic carbocycles. The third-order valence-electron chi connectivity index (χ3n) is 2.39. The molecule has 1 N–H and O–H groups in total. The Bertz CT molecular complexity index is 608. The molecule has 18 heavy (non-hydrogen) atoms. The monoisotopic (exact) mass is 303 g/mol. The molecule has 2 aromatic rings. The van der Waals surface area contributed by atoms with E-state index in [1.54, 1.807) is 18.5 Å². The topological polar surface area (TPSA) is 50.2 Å². The van der Waals surface area contributed by atoms with Crippen molar-refractivity contribution in [3.63, 3.8) is 0 Å². The molecule has 0 radical (unpaired) electrons. The minimum atomic E-state index is -0.973. The van der Waals surface area contributed by atoms with Gasteiger partial charge in [-0.2, -0.15) is 0 Å². The summed E-state index contributed by atoms with van der Waals surface area (Å²) in [5, 5.41) is 8.67. The Kier molecular flexibility index (Phi) is 3.89. The molecule has 0 bridgehead atoms. The molecule has 0 spiro atoms. The summed E-state index contributed by atoms with van der Waals surface area (Å²) in [6.07, 6.45) is 5.99. The number of hydrogen-bond acceptors (Lipinski definition) is 2. The second-order valence-electron chi connectivity index (χ2n) is 3.64. The molecular formula is C14H10BrNO2. The summed E-state index contributed by atoms with van der Waals surface area (Å²) >= 11 is 3.42. The maximum atomic E-state index is 10.6. The highest BCUT2D eigenvalue weighted by molar-refractivity contribution is 9.10. The highest BCUT2D eigenvalue weighted by Crippen LogP contribution is 2.26. The van der Waals surface area contributed by atoms with Crippen molar-refractivity contribution in [1.29, 1.82) is 0 Å². The number of aliphatic carboxylic acids is 1. The van der Waals surface area contributed by atoms with Gasteiger partial charge in [0.05, 0.1) is 0 Å². The number of halogens is 1. The van der Waals surface area contributed by atoms with Crippen molar-refractivity contribution >= 4 is 28.0 Å². The molecule has 0 atom stereocenters. The summed E-state index contributed by atoms with van der Waals surface area (Å²) in [6, 6.07) is 9.69. The van der Waals surface area contributed by atoms with Crippen LogP contribution in [0.25, 0.3) is 17.2 Å². The Morgan fingerprint density at radius 3 is 2.89 bits per heavy atom. The van der Waals surface area contributed by atoms with E-state index in [0.29, 0.717) is 0 Å². The van der Waals surface area contributed by atoms with Gasteiger partial charge in [0, 0.05) is 28.5 Å². The molecule has 0 unspecified atom stereocenters. The van der Waals surface area contributed by atoms with Crippen molar-refractivity contribution in [3.05, 3.63) is 58.8 Å². The zero-order valence-electron chi connectivity index (χ0n) is 9.38. The molecule has 0 aliphatic heterocycles. The lowest BCUT2D eigenvalue weighted by Gasteiger charge is -2.05. The summed E-state index contributed by atoms with van der Waals surface area (Å²) in [5.74, 6) is -0.973. The van der Waals surface area contributed by atoms with Gasteiger partial charge >= 0.3 is 5.97 Å². The predicted octanol–water partition coefficient (Wildman–Crippen LogP) is 3.61. The van der Waals surface area contributed by atoms with Crippen LogP contribution in [0, 0.1) is 0 Å². The summed E-state index contributed by atoms with van der Waals surface area (Å²) in [5.41, 5.74) is 2.73. The molecule has 3 nitrogen and oxygen atoms in total. The Morgan fingerprint density at radius 1 is 1.33 bits per heavy atom. The maximum Gasteiger partial charge on any atom is 0.328 e. The van der Waals surface area contributed by atoms with Crippen LogP contribution in [0.5, 0.6) is 0 Å². The molecular weight excluding hydrogens is 294 g/mol. The van der Waals surface area contributed by atoms with E-state index in [1.807, 2.05) is 30.3 Å². The largest absolute Gasteiger partial charge is 0.478 e. The van der Waals surface area contributed by atoms with Crippen LogP contribution in [0.1, 0.15) is 5.56 Å². The van der Waals surface area contributed by atoms with Crippen molar-refractivity contribution in [1.82, 2.24) is 4.98 Å². The number of hydrogen-bond donors (Lipinski definition) is 1. The van der Waals surface area contributed by atoms with E-state index in [2.05, 4.69) is 20.9 Å². The van der Waals surface area contributed by atoms with Gasteiger partial charge < -0.3 is 5.11 Å². The van der Waals surface area contributed by atoms with Crippen LogP contribution >= 0.6 is 15.9 Å². The number of carbonyl (C=O) groups is 1. The van der Waals surface area contributed by atoms with Crippen LogP contribution in [-0.4, -0.2) is 16.1 Å². The van der Waals surface area contributed by atoms with E-state index in [0.717, 1.165) is 27.2 Å². The van der Waals surface area contributed by atoms with Crippen LogP contribution in [0.2, 0.25) is 0 Å². The van der Waals surface area contributed by atoms with E-state index in [9.17, 15) is 4.79 Å². The van der Waals surface area contributed by atoms with E-state index >= 15 is 0 Å². The van der Waals surface area contributed by atoms with Crippen LogP contribution in [0.15, 0.2) is 53.3 Å². The second kappa shape index (κ2) is 5.60. The number of aromatic nitrogens is 1. The van der Waals surface area contributed by atoms with E-state index < -0.39 is 5.97 Å². The fourth-order valence-corrected chi connectivity index (χ4v) is 2.02. The van der Waals surface area contributed by atoms with E-state index in [4.69, 9.17) is 5.11 Å². The first kappa shape index (κ1) is 12.5. The summed E-state index contributed by atoms with van der Waals surface area (Å²) in [4.78, 5) is 14.6. The number of carboxylic acids is 1. The molecule has 0 saturated heterocycles. The van der Waals surface area contributed by atoms with Crippen molar-refractivity contribution in [2.24, 2.45) is 0 Å². The van der Waals surface area contributed by atoms with Gasteiger partial charge in [0.1, 0.15) is 0 Å². The fraction of sp³-hybridized carbons (Fsp3) is 0. The minimum Gasteiger partial charge on any atom is -0.478 e. The highest BCUT2D eigenvalue weighted by Gasteiger charge is 2.03. The smallest absolute Gasteiger partial charge is 0.328 e. The average Bonchev–Trinajstić information content (AvgIpc) is 2.36. The third-order valence-corrected chi connectivity index (χ3v) is 2.89. The molecule has 4 heteroatoms. The number of nitrogens with zero attached hydrogens (tertiary/aromatic N) is 1. The molecule has 90 valence electrons. The van der Waals surface area contributed by atoms with Crippen LogP contribution in [0.3, 0.4) is 0 Å². The Balaban J connectivity index is 2.48. The first-order valence-corrected chi connectivity index (χ1v) is 6.07. The Morgan fingerprint density at radius 2 is 2.17 bits per heavy atom. The van der Waals surface area contributed by atoms with Gasteiger partial charge in [0.25, 0.3) is 0 Å².